The highest BCUT2D eigenvalue weighted by Gasteiger charge is 2.18. The van der Waals surface area contributed by atoms with Crippen LogP contribution in [0.25, 0.3) is 0 Å². The van der Waals surface area contributed by atoms with Crippen LogP contribution in [0.3, 0.4) is 0 Å². The van der Waals surface area contributed by atoms with E-state index in [1.165, 1.54) is 21.0 Å². The van der Waals surface area contributed by atoms with Gasteiger partial charge >= 0.3 is 0 Å². The Bertz CT molecular complexity index is 549. The first-order chi connectivity index (χ1) is 9.36. The van der Waals surface area contributed by atoms with E-state index >= 15 is 0 Å². The van der Waals surface area contributed by atoms with Gasteiger partial charge in [0.15, 0.2) is 0 Å². The molecule has 0 spiro atoms. The maximum atomic E-state index is 4.53. The van der Waals surface area contributed by atoms with Crippen molar-refractivity contribution >= 4 is 11.3 Å². The molecule has 1 aromatic carbocycles. The summed E-state index contributed by atoms with van der Waals surface area (Å²) in [5.41, 5.74) is 2.78. The van der Waals surface area contributed by atoms with Crippen LogP contribution in [-0.4, -0.2) is 4.98 Å². The summed E-state index contributed by atoms with van der Waals surface area (Å²) in [4.78, 5) is 5.83. The van der Waals surface area contributed by atoms with Crippen molar-refractivity contribution in [1.82, 2.24) is 10.3 Å². The first kappa shape index (κ1) is 15.2. The lowest BCUT2D eigenvalue weighted by molar-refractivity contribution is 0.578. The molecule has 0 saturated carbocycles. The molecule has 3 heteroatoms. The SMILES string of the molecule is Cc1ccc(C(C)NCc2cnc(C(C)(C)C)s2)cc1. The highest BCUT2D eigenvalue weighted by molar-refractivity contribution is 7.11. The van der Waals surface area contributed by atoms with Gasteiger partial charge in [-0.3, -0.25) is 0 Å². The normalized spacial score (nSPS) is 13.4. The summed E-state index contributed by atoms with van der Waals surface area (Å²) < 4.78 is 0. The quantitative estimate of drug-likeness (QED) is 0.889. The van der Waals surface area contributed by atoms with Gasteiger partial charge in [-0.25, -0.2) is 4.98 Å². The van der Waals surface area contributed by atoms with Gasteiger partial charge in [0.2, 0.25) is 0 Å². The Hall–Kier alpha value is -1.19. The fourth-order valence-corrected chi connectivity index (χ4v) is 2.88. The van der Waals surface area contributed by atoms with Gasteiger partial charge in [-0.2, -0.15) is 0 Å². The van der Waals surface area contributed by atoms with Crippen LogP contribution in [0.5, 0.6) is 0 Å². The van der Waals surface area contributed by atoms with Crippen molar-refractivity contribution in [3.05, 3.63) is 51.5 Å². The first-order valence-electron chi connectivity index (χ1n) is 7.11. The predicted octanol–water partition coefficient (Wildman–Crippen LogP) is 4.60. The summed E-state index contributed by atoms with van der Waals surface area (Å²) in [6.45, 7) is 11.8. The molecule has 1 unspecified atom stereocenters. The van der Waals surface area contributed by atoms with E-state index in [0.29, 0.717) is 6.04 Å². The van der Waals surface area contributed by atoms with E-state index in [1.807, 2.05) is 6.20 Å². The maximum absolute atomic E-state index is 4.53. The monoisotopic (exact) mass is 288 g/mol. The van der Waals surface area contributed by atoms with E-state index in [9.17, 15) is 0 Å². The van der Waals surface area contributed by atoms with Crippen LogP contribution < -0.4 is 5.32 Å². The average molecular weight is 288 g/mol. The number of thiazole rings is 1. The van der Waals surface area contributed by atoms with Gasteiger partial charge < -0.3 is 5.32 Å². The molecule has 0 radical (unpaired) electrons. The third-order valence-corrected chi connectivity index (χ3v) is 4.78. The van der Waals surface area contributed by atoms with Crippen molar-refractivity contribution in [2.75, 3.05) is 0 Å². The van der Waals surface area contributed by atoms with Gasteiger partial charge in [-0.15, -0.1) is 11.3 Å². The second-order valence-corrected chi connectivity index (χ2v) is 7.51. The van der Waals surface area contributed by atoms with Gasteiger partial charge in [-0.1, -0.05) is 50.6 Å². The molecule has 0 aliphatic heterocycles. The van der Waals surface area contributed by atoms with Crippen LogP contribution in [0.4, 0.5) is 0 Å². The standard InChI is InChI=1S/C17H24N2S/c1-12-6-8-14(9-7-12)13(2)18-10-15-11-19-16(20-15)17(3,4)5/h6-9,11,13,18H,10H2,1-5H3. The van der Waals surface area contributed by atoms with Crippen LogP contribution in [0.2, 0.25) is 0 Å². The molecule has 0 amide bonds. The lowest BCUT2D eigenvalue weighted by Gasteiger charge is -2.14. The number of hydrogen-bond donors (Lipinski definition) is 1. The van der Waals surface area contributed by atoms with Crippen molar-refractivity contribution in [1.29, 1.82) is 0 Å². The lowest BCUT2D eigenvalue weighted by atomic mass is 9.98. The van der Waals surface area contributed by atoms with Gasteiger partial charge in [0.25, 0.3) is 0 Å². The minimum atomic E-state index is 0.144. The Morgan fingerprint density at radius 1 is 1.20 bits per heavy atom. The molecule has 1 N–H and O–H groups in total. The summed E-state index contributed by atoms with van der Waals surface area (Å²) in [7, 11) is 0. The van der Waals surface area contributed by atoms with E-state index < -0.39 is 0 Å². The van der Waals surface area contributed by atoms with Crippen molar-refractivity contribution in [2.45, 2.75) is 52.6 Å². The molecule has 0 bridgehead atoms. The molecule has 108 valence electrons. The summed E-state index contributed by atoms with van der Waals surface area (Å²) in [6.07, 6.45) is 2.00. The molecule has 1 aromatic heterocycles. The number of nitrogens with zero attached hydrogens (tertiary/aromatic N) is 1. The number of nitrogens with one attached hydrogen (secondary N) is 1. The molecular formula is C17H24N2S. The maximum Gasteiger partial charge on any atom is 0.0981 e. The second kappa shape index (κ2) is 6.06. The highest BCUT2D eigenvalue weighted by atomic mass is 32.1. The Morgan fingerprint density at radius 3 is 2.40 bits per heavy atom. The van der Waals surface area contributed by atoms with Crippen LogP contribution in [0, 0.1) is 6.92 Å². The number of aromatic nitrogens is 1. The third-order valence-electron chi connectivity index (χ3n) is 3.35. The van der Waals surface area contributed by atoms with Crippen LogP contribution >= 0.6 is 11.3 Å². The topological polar surface area (TPSA) is 24.9 Å². The van der Waals surface area contributed by atoms with Crippen LogP contribution in [-0.2, 0) is 12.0 Å². The van der Waals surface area contributed by atoms with E-state index in [-0.39, 0.29) is 5.41 Å². The average Bonchev–Trinajstić information content (AvgIpc) is 2.85. The smallest absolute Gasteiger partial charge is 0.0981 e. The van der Waals surface area contributed by atoms with Gasteiger partial charge in [-0.05, 0) is 19.4 Å². The molecular weight excluding hydrogens is 264 g/mol. The predicted molar refractivity (Wildman–Crippen MR) is 87.2 cm³/mol. The number of hydrogen-bond acceptors (Lipinski definition) is 3. The van der Waals surface area contributed by atoms with Crippen molar-refractivity contribution < 1.29 is 0 Å². The molecule has 0 aliphatic rings. The third kappa shape index (κ3) is 3.90. The van der Waals surface area contributed by atoms with Crippen molar-refractivity contribution in [3.63, 3.8) is 0 Å². The molecule has 2 rings (SSSR count). The summed E-state index contributed by atoms with van der Waals surface area (Å²) in [5.74, 6) is 0. The van der Waals surface area contributed by atoms with E-state index in [0.717, 1.165) is 6.54 Å². The largest absolute Gasteiger partial charge is 0.305 e. The molecule has 0 saturated heterocycles. The zero-order valence-corrected chi connectivity index (χ0v) is 13.8. The van der Waals surface area contributed by atoms with Crippen molar-refractivity contribution in [2.24, 2.45) is 0 Å². The number of benzene rings is 1. The number of rotatable bonds is 4. The molecule has 0 aliphatic carbocycles. The lowest BCUT2D eigenvalue weighted by Crippen LogP contribution is -2.17. The minimum absolute atomic E-state index is 0.144. The Morgan fingerprint density at radius 2 is 1.85 bits per heavy atom. The second-order valence-electron chi connectivity index (χ2n) is 6.39. The minimum Gasteiger partial charge on any atom is -0.305 e. The summed E-state index contributed by atoms with van der Waals surface area (Å²) in [5, 5.41) is 4.78. The molecule has 2 nitrogen and oxygen atoms in total. The van der Waals surface area contributed by atoms with Crippen molar-refractivity contribution in [3.8, 4) is 0 Å². The molecule has 1 atom stereocenters. The highest BCUT2D eigenvalue weighted by Crippen LogP contribution is 2.27. The zero-order chi connectivity index (χ0) is 14.8. The van der Waals surface area contributed by atoms with Crippen LogP contribution in [0.15, 0.2) is 30.5 Å². The molecule has 2 aromatic rings. The van der Waals surface area contributed by atoms with Gasteiger partial charge in [0.1, 0.15) is 0 Å². The van der Waals surface area contributed by atoms with Gasteiger partial charge in [0.05, 0.1) is 5.01 Å². The molecule has 1 heterocycles. The molecule has 0 fully saturated rings. The summed E-state index contributed by atoms with van der Waals surface area (Å²) in [6, 6.07) is 9.08. The Balaban J connectivity index is 1.95. The van der Waals surface area contributed by atoms with E-state index in [1.54, 1.807) is 11.3 Å². The zero-order valence-electron chi connectivity index (χ0n) is 13.0. The Labute approximate surface area is 126 Å². The number of aryl methyl sites for hydroxylation is 1. The fourth-order valence-electron chi connectivity index (χ4n) is 1.96. The Kier molecular flexibility index (Phi) is 4.61. The van der Waals surface area contributed by atoms with E-state index in [4.69, 9.17) is 0 Å². The van der Waals surface area contributed by atoms with E-state index in [2.05, 4.69) is 69.2 Å². The summed E-state index contributed by atoms with van der Waals surface area (Å²) >= 11 is 1.81. The molecule has 20 heavy (non-hydrogen) atoms. The first-order valence-corrected chi connectivity index (χ1v) is 7.93. The fraction of sp³-hybridized carbons (Fsp3) is 0.471. The van der Waals surface area contributed by atoms with Crippen LogP contribution in [0.1, 0.15) is 54.7 Å². The van der Waals surface area contributed by atoms with Gasteiger partial charge in [0, 0.05) is 29.1 Å².